The second-order valence-electron chi connectivity index (χ2n) is 4.73. The lowest BCUT2D eigenvalue weighted by atomic mass is 10.0. The zero-order valence-corrected chi connectivity index (χ0v) is 12.1. The molecule has 0 aliphatic heterocycles. The summed E-state index contributed by atoms with van der Waals surface area (Å²) in [5.41, 5.74) is 0.883. The lowest BCUT2D eigenvalue weighted by Crippen LogP contribution is -2.32. The van der Waals surface area contributed by atoms with E-state index in [2.05, 4.69) is 4.74 Å². The molecule has 0 saturated carbocycles. The Balaban J connectivity index is 2.61. The summed E-state index contributed by atoms with van der Waals surface area (Å²) in [5.74, 6) is 0.280. The van der Waals surface area contributed by atoms with Crippen molar-refractivity contribution in [2.45, 2.75) is 39.8 Å². The fourth-order valence-corrected chi connectivity index (χ4v) is 2.08. The van der Waals surface area contributed by atoms with Gasteiger partial charge in [-0.25, -0.2) is 0 Å². The summed E-state index contributed by atoms with van der Waals surface area (Å²) in [7, 11) is 1.75. The molecule has 1 amide bonds. The molecule has 0 saturated heterocycles. The van der Waals surface area contributed by atoms with Gasteiger partial charge in [-0.05, 0) is 30.5 Å². The van der Waals surface area contributed by atoms with Gasteiger partial charge in [-0.1, -0.05) is 26.0 Å². The first-order valence-electron chi connectivity index (χ1n) is 6.76. The largest absolute Gasteiger partial charge is 0.435 e. The third-order valence-corrected chi connectivity index (χ3v) is 3.28. The highest BCUT2D eigenvalue weighted by molar-refractivity contribution is 5.78. The Kier molecular flexibility index (Phi) is 6.42. The number of nitrogens with zero attached hydrogens (tertiary/aromatic N) is 1. The molecule has 0 radical (unpaired) electrons. The molecular formula is C15H21F2NO2. The van der Waals surface area contributed by atoms with Gasteiger partial charge in [0.15, 0.2) is 0 Å². The van der Waals surface area contributed by atoms with E-state index in [1.165, 1.54) is 12.1 Å². The second kappa shape index (κ2) is 7.82. The maximum atomic E-state index is 12.1. The van der Waals surface area contributed by atoms with Gasteiger partial charge < -0.3 is 9.64 Å². The van der Waals surface area contributed by atoms with Crippen LogP contribution in [0, 0.1) is 5.92 Å². The molecule has 0 bridgehead atoms. The summed E-state index contributed by atoms with van der Waals surface area (Å²) >= 11 is 0. The van der Waals surface area contributed by atoms with E-state index in [-0.39, 0.29) is 17.6 Å². The fourth-order valence-electron chi connectivity index (χ4n) is 2.08. The molecule has 5 heteroatoms. The number of hydrogen-bond donors (Lipinski definition) is 0. The predicted octanol–water partition coefficient (Wildman–Crippen LogP) is 3.68. The quantitative estimate of drug-likeness (QED) is 0.764. The van der Waals surface area contributed by atoms with Crippen molar-refractivity contribution in [2.75, 3.05) is 7.05 Å². The Hall–Kier alpha value is -1.65. The zero-order valence-electron chi connectivity index (χ0n) is 12.1. The van der Waals surface area contributed by atoms with E-state index in [4.69, 9.17) is 0 Å². The number of amides is 1. The van der Waals surface area contributed by atoms with Crippen LogP contribution >= 0.6 is 0 Å². The lowest BCUT2D eigenvalue weighted by Gasteiger charge is -2.22. The molecule has 0 aromatic heterocycles. The normalized spacial score (nSPS) is 10.9. The Bertz CT molecular complexity index is 416. The van der Waals surface area contributed by atoms with Crippen LogP contribution in [0.4, 0.5) is 8.78 Å². The second-order valence-corrected chi connectivity index (χ2v) is 4.73. The molecule has 112 valence electrons. The van der Waals surface area contributed by atoms with Crippen LogP contribution in [-0.4, -0.2) is 24.5 Å². The van der Waals surface area contributed by atoms with Crippen LogP contribution in [-0.2, 0) is 11.3 Å². The van der Waals surface area contributed by atoms with Gasteiger partial charge in [0.05, 0.1) is 0 Å². The molecule has 1 aromatic carbocycles. The van der Waals surface area contributed by atoms with Crippen LogP contribution in [0.25, 0.3) is 0 Å². The van der Waals surface area contributed by atoms with Crippen molar-refractivity contribution in [3.63, 3.8) is 0 Å². The molecule has 0 atom stereocenters. The number of ether oxygens (including phenoxy) is 1. The average Bonchev–Trinajstić information content (AvgIpc) is 2.41. The first-order valence-corrected chi connectivity index (χ1v) is 6.76. The van der Waals surface area contributed by atoms with Gasteiger partial charge in [0.2, 0.25) is 5.91 Å². The van der Waals surface area contributed by atoms with Crippen molar-refractivity contribution in [1.29, 1.82) is 0 Å². The average molecular weight is 285 g/mol. The molecule has 0 heterocycles. The maximum Gasteiger partial charge on any atom is 0.387 e. The van der Waals surface area contributed by atoms with E-state index in [1.807, 2.05) is 13.8 Å². The van der Waals surface area contributed by atoms with Crippen LogP contribution in [0.1, 0.15) is 32.3 Å². The minimum absolute atomic E-state index is 0.0430. The van der Waals surface area contributed by atoms with Crippen LogP contribution in [0.15, 0.2) is 24.3 Å². The van der Waals surface area contributed by atoms with Crippen LogP contribution in [0.5, 0.6) is 5.75 Å². The van der Waals surface area contributed by atoms with Crippen molar-refractivity contribution in [3.05, 3.63) is 29.8 Å². The van der Waals surface area contributed by atoms with Crippen molar-refractivity contribution in [2.24, 2.45) is 5.92 Å². The number of halogens is 2. The summed E-state index contributed by atoms with van der Waals surface area (Å²) in [6.07, 6.45) is 1.64. The highest BCUT2D eigenvalue weighted by Crippen LogP contribution is 2.17. The van der Waals surface area contributed by atoms with Crippen LogP contribution in [0.2, 0.25) is 0 Å². The Morgan fingerprint density at radius 1 is 1.20 bits per heavy atom. The number of carbonyl (C=O) groups is 1. The van der Waals surface area contributed by atoms with E-state index in [9.17, 15) is 13.6 Å². The molecule has 0 aliphatic carbocycles. The SMILES string of the molecule is CCC(CC)C(=O)N(C)Cc1ccc(OC(F)F)cc1. The van der Waals surface area contributed by atoms with Gasteiger partial charge in [-0.3, -0.25) is 4.79 Å². The van der Waals surface area contributed by atoms with Gasteiger partial charge >= 0.3 is 6.61 Å². The summed E-state index contributed by atoms with van der Waals surface area (Å²) < 4.78 is 28.3. The van der Waals surface area contributed by atoms with Gasteiger partial charge in [0, 0.05) is 19.5 Å². The summed E-state index contributed by atoms with van der Waals surface area (Å²) in [4.78, 5) is 13.8. The van der Waals surface area contributed by atoms with Crippen molar-refractivity contribution in [1.82, 2.24) is 4.90 Å². The minimum atomic E-state index is -2.82. The Morgan fingerprint density at radius 3 is 2.20 bits per heavy atom. The number of rotatable bonds is 7. The minimum Gasteiger partial charge on any atom is -0.435 e. The van der Waals surface area contributed by atoms with Crippen molar-refractivity contribution in [3.8, 4) is 5.75 Å². The molecule has 3 nitrogen and oxygen atoms in total. The van der Waals surface area contributed by atoms with Gasteiger partial charge in [0.25, 0.3) is 0 Å². The van der Waals surface area contributed by atoms with E-state index in [0.29, 0.717) is 6.54 Å². The molecule has 0 spiro atoms. The van der Waals surface area contributed by atoms with Crippen molar-refractivity contribution >= 4 is 5.91 Å². The summed E-state index contributed by atoms with van der Waals surface area (Å²) in [6.45, 7) is 1.64. The molecule has 0 fully saturated rings. The topological polar surface area (TPSA) is 29.5 Å². The Morgan fingerprint density at radius 2 is 1.75 bits per heavy atom. The van der Waals surface area contributed by atoms with Crippen LogP contribution < -0.4 is 4.74 Å². The fraction of sp³-hybridized carbons (Fsp3) is 0.533. The van der Waals surface area contributed by atoms with E-state index in [1.54, 1.807) is 24.1 Å². The van der Waals surface area contributed by atoms with E-state index < -0.39 is 6.61 Å². The number of hydrogen-bond acceptors (Lipinski definition) is 2. The monoisotopic (exact) mass is 285 g/mol. The van der Waals surface area contributed by atoms with Gasteiger partial charge in [-0.2, -0.15) is 8.78 Å². The maximum absolute atomic E-state index is 12.1. The van der Waals surface area contributed by atoms with E-state index in [0.717, 1.165) is 18.4 Å². The number of benzene rings is 1. The predicted molar refractivity (Wildman–Crippen MR) is 73.6 cm³/mol. The smallest absolute Gasteiger partial charge is 0.387 e. The van der Waals surface area contributed by atoms with Gasteiger partial charge in [-0.15, -0.1) is 0 Å². The molecule has 0 unspecified atom stereocenters. The third-order valence-electron chi connectivity index (χ3n) is 3.28. The molecule has 0 aliphatic rings. The lowest BCUT2D eigenvalue weighted by molar-refractivity contribution is -0.134. The van der Waals surface area contributed by atoms with E-state index >= 15 is 0 Å². The number of alkyl halides is 2. The molecule has 20 heavy (non-hydrogen) atoms. The highest BCUT2D eigenvalue weighted by Gasteiger charge is 2.18. The summed E-state index contributed by atoms with van der Waals surface area (Å²) in [5, 5.41) is 0. The Labute approximate surface area is 118 Å². The third kappa shape index (κ3) is 4.79. The highest BCUT2D eigenvalue weighted by atomic mass is 19.3. The molecule has 1 aromatic rings. The first kappa shape index (κ1) is 16.4. The zero-order chi connectivity index (χ0) is 15.1. The first-order chi connectivity index (χ1) is 9.47. The van der Waals surface area contributed by atoms with Crippen molar-refractivity contribution < 1.29 is 18.3 Å². The van der Waals surface area contributed by atoms with Gasteiger partial charge in [0.1, 0.15) is 5.75 Å². The van der Waals surface area contributed by atoms with Crippen LogP contribution in [0.3, 0.4) is 0 Å². The molecule has 1 rings (SSSR count). The summed E-state index contributed by atoms with van der Waals surface area (Å²) in [6, 6.07) is 6.34. The number of carbonyl (C=O) groups excluding carboxylic acids is 1. The molecular weight excluding hydrogens is 264 g/mol. The molecule has 0 N–H and O–H groups in total. The standard InChI is InChI=1S/C15H21F2NO2/c1-4-12(5-2)14(19)18(3)10-11-6-8-13(9-7-11)20-15(16)17/h6-9,12,15H,4-5,10H2,1-3H3.